The van der Waals surface area contributed by atoms with E-state index in [9.17, 15) is 19.7 Å². The molecule has 22 heavy (non-hydrogen) atoms. The van der Waals surface area contributed by atoms with Gasteiger partial charge in [-0.3, -0.25) is 14.9 Å². The van der Waals surface area contributed by atoms with Crippen LogP contribution in [0.4, 0.5) is 11.5 Å². The number of nitro groups is 1. The molecule has 2 rings (SSSR count). The number of ether oxygens (including phenoxy) is 1. The Kier molecular flexibility index (Phi) is 4.16. The Morgan fingerprint density at radius 1 is 1.36 bits per heavy atom. The Labute approximate surface area is 124 Å². The fourth-order valence-corrected chi connectivity index (χ4v) is 1.79. The van der Waals surface area contributed by atoms with Crippen molar-refractivity contribution in [1.82, 2.24) is 9.78 Å². The number of carbonyl (C=O) groups excluding carboxylic acids is 2. The van der Waals surface area contributed by atoms with Gasteiger partial charge in [-0.15, -0.1) is 5.10 Å². The molecule has 2 aromatic rings. The van der Waals surface area contributed by atoms with E-state index in [1.165, 1.54) is 24.3 Å². The van der Waals surface area contributed by atoms with E-state index in [1.807, 2.05) is 0 Å². The Morgan fingerprint density at radius 3 is 2.68 bits per heavy atom. The van der Waals surface area contributed by atoms with E-state index in [4.69, 9.17) is 10.5 Å². The Hall–Kier alpha value is -3.23. The molecule has 2 N–H and O–H groups in total. The highest BCUT2D eigenvalue weighted by Crippen LogP contribution is 2.20. The summed E-state index contributed by atoms with van der Waals surface area (Å²) in [7, 11) is 0. The fraction of sp³-hybridized carbons (Fsp3) is 0.154. The van der Waals surface area contributed by atoms with Crippen LogP contribution in [0.3, 0.4) is 0 Å². The van der Waals surface area contributed by atoms with Crippen LogP contribution in [0.15, 0.2) is 30.5 Å². The maximum Gasteiger partial charge on any atom is 0.343 e. The van der Waals surface area contributed by atoms with Gasteiger partial charge in [-0.2, -0.15) is 0 Å². The van der Waals surface area contributed by atoms with E-state index in [2.05, 4.69) is 5.10 Å². The number of nitrogens with two attached hydrogens (primary N) is 1. The molecule has 0 aliphatic carbocycles. The van der Waals surface area contributed by atoms with E-state index in [1.54, 1.807) is 6.92 Å². The normalized spacial score (nSPS) is 10.2. The number of anilines is 1. The molecule has 0 atom stereocenters. The van der Waals surface area contributed by atoms with E-state index in [0.29, 0.717) is 0 Å². The summed E-state index contributed by atoms with van der Waals surface area (Å²) >= 11 is 0. The van der Waals surface area contributed by atoms with Gasteiger partial charge in [0.1, 0.15) is 11.1 Å². The number of carbonyl (C=O) groups is 2. The molecule has 0 unspecified atom stereocenters. The summed E-state index contributed by atoms with van der Waals surface area (Å²) < 4.78 is 5.56. The van der Waals surface area contributed by atoms with Gasteiger partial charge < -0.3 is 10.5 Å². The summed E-state index contributed by atoms with van der Waals surface area (Å²) in [5.74, 6) is -1.68. The number of para-hydroxylation sites is 1. The largest absolute Gasteiger partial charge is 0.462 e. The molecule has 0 aliphatic heterocycles. The second kappa shape index (κ2) is 6.04. The molecule has 0 saturated heterocycles. The van der Waals surface area contributed by atoms with Crippen LogP contribution in [-0.4, -0.2) is 33.2 Å². The van der Waals surface area contributed by atoms with Gasteiger partial charge in [-0.25, -0.2) is 9.48 Å². The predicted molar refractivity (Wildman–Crippen MR) is 75.4 cm³/mol. The molecule has 0 amide bonds. The van der Waals surface area contributed by atoms with Crippen molar-refractivity contribution >= 4 is 23.4 Å². The first kappa shape index (κ1) is 15.2. The zero-order valence-corrected chi connectivity index (χ0v) is 11.6. The van der Waals surface area contributed by atoms with Crippen LogP contribution in [0.5, 0.6) is 0 Å². The van der Waals surface area contributed by atoms with Crippen molar-refractivity contribution in [3.63, 3.8) is 0 Å². The number of benzene rings is 1. The lowest BCUT2D eigenvalue weighted by molar-refractivity contribution is -0.385. The fourth-order valence-electron chi connectivity index (χ4n) is 1.79. The third-order valence-electron chi connectivity index (χ3n) is 2.78. The number of rotatable bonds is 4. The van der Waals surface area contributed by atoms with E-state index >= 15 is 0 Å². The number of aromatic nitrogens is 2. The molecule has 9 nitrogen and oxygen atoms in total. The molecule has 0 saturated carbocycles. The summed E-state index contributed by atoms with van der Waals surface area (Å²) in [6, 6.07) is 5.42. The average Bonchev–Trinajstić information content (AvgIpc) is 2.88. The van der Waals surface area contributed by atoms with Gasteiger partial charge in [0.25, 0.3) is 11.6 Å². The maximum absolute atomic E-state index is 12.3. The molecule has 114 valence electrons. The van der Waals surface area contributed by atoms with Crippen LogP contribution < -0.4 is 5.73 Å². The van der Waals surface area contributed by atoms with Crippen LogP contribution in [0.2, 0.25) is 0 Å². The molecule has 0 aliphatic rings. The topological polar surface area (TPSA) is 130 Å². The van der Waals surface area contributed by atoms with E-state index in [-0.39, 0.29) is 29.2 Å². The van der Waals surface area contributed by atoms with Gasteiger partial charge in [0.05, 0.1) is 17.7 Å². The zero-order chi connectivity index (χ0) is 16.3. The monoisotopic (exact) mass is 304 g/mol. The number of nitrogen functional groups attached to an aromatic ring is 1. The lowest BCUT2D eigenvalue weighted by atomic mass is 10.1. The summed E-state index contributed by atoms with van der Waals surface area (Å²) in [6.07, 6.45) is 1.09. The predicted octanol–water partition coefficient (Wildman–Crippen LogP) is 1.24. The standard InChI is InChI=1S/C13H12N4O5/c1-2-22-13(19)9-7-16(15-11(9)14)12(18)8-5-3-4-6-10(8)17(20)21/h3-7H,2H2,1H3,(H2,14,15). The molecular weight excluding hydrogens is 292 g/mol. The van der Waals surface area contributed by atoms with Crippen LogP contribution in [0, 0.1) is 10.1 Å². The molecule has 0 radical (unpaired) electrons. The van der Waals surface area contributed by atoms with Crippen molar-refractivity contribution in [3.05, 3.63) is 51.7 Å². The lowest BCUT2D eigenvalue weighted by Crippen LogP contribution is -2.14. The molecule has 1 aromatic heterocycles. The van der Waals surface area contributed by atoms with Crippen molar-refractivity contribution in [2.45, 2.75) is 6.92 Å². The third kappa shape index (κ3) is 2.77. The summed E-state index contributed by atoms with van der Waals surface area (Å²) in [5, 5.41) is 14.7. The molecule has 0 fully saturated rings. The highest BCUT2D eigenvalue weighted by molar-refractivity contribution is 6.01. The molecule has 1 aromatic carbocycles. The Bertz CT molecular complexity index is 753. The van der Waals surface area contributed by atoms with E-state index < -0.39 is 16.8 Å². The van der Waals surface area contributed by atoms with Gasteiger partial charge in [0.2, 0.25) is 0 Å². The molecular formula is C13H12N4O5. The Balaban J connectivity index is 2.41. The van der Waals surface area contributed by atoms with Crippen molar-refractivity contribution in [3.8, 4) is 0 Å². The van der Waals surface area contributed by atoms with Crippen molar-refractivity contribution in [2.75, 3.05) is 12.3 Å². The van der Waals surface area contributed by atoms with Gasteiger partial charge in [-0.05, 0) is 13.0 Å². The van der Waals surface area contributed by atoms with Crippen LogP contribution in [0.1, 0.15) is 27.6 Å². The Morgan fingerprint density at radius 2 is 2.05 bits per heavy atom. The SMILES string of the molecule is CCOC(=O)c1cn(C(=O)c2ccccc2[N+](=O)[O-])nc1N. The van der Waals surface area contributed by atoms with Crippen LogP contribution >= 0.6 is 0 Å². The summed E-state index contributed by atoms with van der Waals surface area (Å²) in [6.45, 7) is 1.76. The highest BCUT2D eigenvalue weighted by Gasteiger charge is 2.24. The molecule has 9 heteroatoms. The summed E-state index contributed by atoms with van der Waals surface area (Å²) in [5.41, 5.74) is 4.97. The first-order valence-corrected chi connectivity index (χ1v) is 6.26. The third-order valence-corrected chi connectivity index (χ3v) is 2.78. The van der Waals surface area contributed by atoms with Gasteiger partial charge >= 0.3 is 5.97 Å². The second-order valence-corrected chi connectivity index (χ2v) is 4.17. The van der Waals surface area contributed by atoms with Crippen molar-refractivity contribution in [2.24, 2.45) is 0 Å². The van der Waals surface area contributed by atoms with Crippen LogP contribution in [0.25, 0.3) is 0 Å². The van der Waals surface area contributed by atoms with Gasteiger partial charge in [0.15, 0.2) is 5.82 Å². The minimum Gasteiger partial charge on any atom is -0.462 e. The minimum absolute atomic E-state index is 0.0752. The van der Waals surface area contributed by atoms with Crippen LogP contribution in [-0.2, 0) is 4.74 Å². The lowest BCUT2D eigenvalue weighted by Gasteiger charge is -2.01. The minimum atomic E-state index is -0.769. The smallest absolute Gasteiger partial charge is 0.343 e. The number of esters is 1. The first-order chi connectivity index (χ1) is 10.5. The second-order valence-electron chi connectivity index (χ2n) is 4.17. The molecule has 0 bridgehead atoms. The quantitative estimate of drug-likeness (QED) is 0.510. The first-order valence-electron chi connectivity index (χ1n) is 6.26. The number of hydrogen-bond acceptors (Lipinski definition) is 7. The van der Waals surface area contributed by atoms with Gasteiger partial charge in [-0.1, -0.05) is 12.1 Å². The van der Waals surface area contributed by atoms with Crippen molar-refractivity contribution < 1.29 is 19.2 Å². The highest BCUT2D eigenvalue weighted by atomic mass is 16.6. The summed E-state index contributed by atoms with van der Waals surface area (Å²) in [4.78, 5) is 34.2. The number of nitro benzene ring substituents is 1. The number of nitrogens with zero attached hydrogens (tertiary/aromatic N) is 3. The van der Waals surface area contributed by atoms with Crippen molar-refractivity contribution in [1.29, 1.82) is 0 Å². The molecule has 0 spiro atoms. The maximum atomic E-state index is 12.3. The zero-order valence-electron chi connectivity index (χ0n) is 11.6. The molecule has 1 heterocycles. The average molecular weight is 304 g/mol. The van der Waals surface area contributed by atoms with E-state index in [0.717, 1.165) is 10.9 Å². The van der Waals surface area contributed by atoms with Gasteiger partial charge in [0, 0.05) is 6.07 Å². The number of hydrogen-bond donors (Lipinski definition) is 1.